The quantitative estimate of drug-likeness (QED) is 0.649. The van der Waals surface area contributed by atoms with Crippen molar-refractivity contribution in [1.82, 2.24) is 5.32 Å². The van der Waals surface area contributed by atoms with E-state index in [1.165, 1.54) is 14.2 Å². The van der Waals surface area contributed by atoms with Crippen molar-refractivity contribution in [3.63, 3.8) is 0 Å². The fourth-order valence-electron chi connectivity index (χ4n) is 2.79. The van der Waals surface area contributed by atoms with Crippen LogP contribution in [0, 0.1) is 0 Å². The maximum atomic E-state index is 12.5. The predicted octanol–water partition coefficient (Wildman–Crippen LogP) is 3.90. The summed E-state index contributed by atoms with van der Waals surface area (Å²) >= 11 is 1.64. The van der Waals surface area contributed by atoms with Crippen LogP contribution in [0.15, 0.2) is 59.3 Å². The molecule has 0 radical (unpaired) electrons. The highest BCUT2D eigenvalue weighted by Crippen LogP contribution is 2.30. The lowest BCUT2D eigenvalue weighted by Crippen LogP contribution is -2.28. The second kappa shape index (κ2) is 8.70. The van der Waals surface area contributed by atoms with Gasteiger partial charge in [-0.25, -0.2) is 0 Å². The van der Waals surface area contributed by atoms with E-state index in [0.717, 1.165) is 16.7 Å². The molecule has 3 rings (SSSR count). The van der Waals surface area contributed by atoms with E-state index in [9.17, 15) is 9.90 Å². The van der Waals surface area contributed by atoms with Gasteiger partial charge >= 0.3 is 0 Å². The van der Waals surface area contributed by atoms with E-state index in [0.29, 0.717) is 17.1 Å². The zero-order valence-corrected chi connectivity index (χ0v) is 16.0. The smallest absolute Gasteiger partial charge is 0.255 e. The number of benzene rings is 2. The van der Waals surface area contributed by atoms with Gasteiger partial charge < -0.3 is 19.9 Å². The molecule has 0 aliphatic carbocycles. The van der Waals surface area contributed by atoms with Crippen molar-refractivity contribution < 1.29 is 19.4 Å². The molecule has 1 atom stereocenters. The van der Waals surface area contributed by atoms with E-state index in [1.807, 2.05) is 29.6 Å². The second-order valence-electron chi connectivity index (χ2n) is 5.90. The third-order valence-corrected chi connectivity index (χ3v) is 4.94. The summed E-state index contributed by atoms with van der Waals surface area (Å²) in [5.74, 6) is 0.515. The number of aliphatic hydroxyl groups excluding tert-OH is 1. The van der Waals surface area contributed by atoms with Gasteiger partial charge in [-0.3, -0.25) is 4.79 Å². The Bertz CT molecular complexity index is 891. The molecule has 1 amide bonds. The van der Waals surface area contributed by atoms with Gasteiger partial charge in [-0.1, -0.05) is 30.3 Å². The molecule has 0 unspecified atom stereocenters. The van der Waals surface area contributed by atoms with Crippen LogP contribution in [-0.4, -0.2) is 31.8 Å². The Morgan fingerprint density at radius 2 is 1.85 bits per heavy atom. The van der Waals surface area contributed by atoms with Gasteiger partial charge in [0.1, 0.15) is 0 Å². The maximum absolute atomic E-state index is 12.5. The van der Waals surface area contributed by atoms with Gasteiger partial charge in [0, 0.05) is 6.54 Å². The zero-order chi connectivity index (χ0) is 19.2. The molecule has 0 bridgehead atoms. The first kappa shape index (κ1) is 18.9. The van der Waals surface area contributed by atoms with E-state index in [2.05, 4.69) is 16.8 Å². The van der Waals surface area contributed by atoms with Crippen molar-refractivity contribution in [3.05, 3.63) is 70.4 Å². The molecule has 140 valence electrons. The molecule has 0 saturated carbocycles. The summed E-state index contributed by atoms with van der Waals surface area (Å²) in [5.41, 5.74) is 3.35. The first-order valence-electron chi connectivity index (χ1n) is 8.44. The summed E-state index contributed by atoms with van der Waals surface area (Å²) in [5, 5.41) is 17.2. The lowest BCUT2D eigenvalue weighted by Gasteiger charge is -2.15. The van der Waals surface area contributed by atoms with Crippen LogP contribution in [0.2, 0.25) is 0 Å². The minimum atomic E-state index is -0.804. The molecule has 2 N–H and O–H groups in total. The summed E-state index contributed by atoms with van der Waals surface area (Å²) in [6, 6.07) is 14.8. The zero-order valence-electron chi connectivity index (χ0n) is 15.1. The third-order valence-electron chi connectivity index (χ3n) is 4.25. The Balaban J connectivity index is 1.65. The van der Waals surface area contributed by atoms with E-state index < -0.39 is 6.10 Å². The number of amides is 1. The molecule has 0 aliphatic rings. The van der Waals surface area contributed by atoms with Crippen LogP contribution in [0.1, 0.15) is 22.0 Å². The molecule has 0 aliphatic heterocycles. The van der Waals surface area contributed by atoms with Crippen molar-refractivity contribution in [3.8, 4) is 22.6 Å². The van der Waals surface area contributed by atoms with Crippen LogP contribution in [0.5, 0.6) is 11.5 Å². The fourth-order valence-corrected chi connectivity index (χ4v) is 3.46. The number of carbonyl (C=O) groups is 1. The fraction of sp³-hybridized carbons (Fsp3) is 0.190. The van der Waals surface area contributed by atoms with Gasteiger partial charge in [-0.15, -0.1) is 0 Å². The number of carbonyl (C=O) groups excluding carboxylic acids is 1. The van der Waals surface area contributed by atoms with Crippen molar-refractivity contribution in [2.45, 2.75) is 6.10 Å². The molecule has 1 heterocycles. The first-order valence-corrected chi connectivity index (χ1v) is 9.38. The monoisotopic (exact) mass is 383 g/mol. The summed E-state index contributed by atoms with van der Waals surface area (Å²) in [6.45, 7) is 0.0942. The molecule has 0 spiro atoms. The molecule has 1 aromatic heterocycles. The Morgan fingerprint density at radius 1 is 1.07 bits per heavy atom. The highest BCUT2D eigenvalue weighted by atomic mass is 32.1. The SMILES string of the molecule is COc1cccc(C(=O)NC[C@@H](O)c2ccc(-c3ccsc3)cc2)c1OC. The Hall–Kier alpha value is -2.83. The molecule has 0 fully saturated rings. The van der Waals surface area contributed by atoms with Crippen LogP contribution < -0.4 is 14.8 Å². The van der Waals surface area contributed by atoms with E-state index in [1.54, 1.807) is 29.5 Å². The lowest BCUT2D eigenvalue weighted by molar-refractivity contribution is 0.0912. The number of hydrogen-bond acceptors (Lipinski definition) is 5. The number of thiophene rings is 1. The number of aliphatic hydroxyl groups is 1. The summed E-state index contributed by atoms with van der Waals surface area (Å²) in [4.78, 5) is 12.5. The normalized spacial score (nSPS) is 11.7. The van der Waals surface area contributed by atoms with Crippen molar-refractivity contribution in [2.24, 2.45) is 0 Å². The minimum absolute atomic E-state index is 0.0942. The molecule has 27 heavy (non-hydrogen) atoms. The Kier molecular flexibility index (Phi) is 6.11. The van der Waals surface area contributed by atoms with Gasteiger partial charge in [-0.05, 0) is 45.6 Å². The van der Waals surface area contributed by atoms with Gasteiger partial charge in [0.05, 0.1) is 25.9 Å². The third kappa shape index (κ3) is 4.30. The van der Waals surface area contributed by atoms with Gasteiger partial charge in [-0.2, -0.15) is 11.3 Å². The number of rotatable bonds is 7. The number of hydrogen-bond donors (Lipinski definition) is 2. The van der Waals surface area contributed by atoms with Crippen LogP contribution in [0.4, 0.5) is 0 Å². The minimum Gasteiger partial charge on any atom is -0.493 e. The maximum Gasteiger partial charge on any atom is 0.255 e. The Labute approximate surface area is 162 Å². The summed E-state index contributed by atoms with van der Waals surface area (Å²) in [7, 11) is 3.00. The average molecular weight is 383 g/mol. The largest absolute Gasteiger partial charge is 0.493 e. The van der Waals surface area contributed by atoms with E-state index in [4.69, 9.17) is 9.47 Å². The predicted molar refractivity (Wildman–Crippen MR) is 107 cm³/mol. The van der Waals surface area contributed by atoms with Gasteiger partial charge in [0.25, 0.3) is 5.91 Å². The first-order chi connectivity index (χ1) is 13.1. The van der Waals surface area contributed by atoms with Crippen molar-refractivity contribution >= 4 is 17.2 Å². The van der Waals surface area contributed by atoms with Crippen LogP contribution in [0.3, 0.4) is 0 Å². The van der Waals surface area contributed by atoms with E-state index >= 15 is 0 Å². The second-order valence-corrected chi connectivity index (χ2v) is 6.68. The summed E-state index contributed by atoms with van der Waals surface area (Å²) in [6.07, 6.45) is -0.804. The van der Waals surface area contributed by atoms with Gasteiger partial charge in [0.15, 0.2) is 11.5 Å². The van der Waals surface area contributed by atoms with Crippen LogP contribution in [-0.2, 0) is 0 Å². The van der Waals surface area contributed by atoms with Crippen LogP contribution >= 0.6 is 11.3 Å². The van der Waals surface area contributed by atoms with Crippen molar-refractivity contribution in [2.75, 3.05) is 20.8 Å². The van der Waals surface area contributed by atoms with E-state index in [-0.39, 0.29) is 12.5 Å². The molecule has 6 heteroatoms. The Morgan fingerprint density at radius 3 is 2.48 bits per heavy atom. The highest BCUT2D eigenvalue weighted by molar-refractivity contribution is 7.08. The topological polar surface area (TPSA) is 67.8 Å². The molecule has 2 aromatic carbocycles. The standard InChI is InChI=1S/C21H21NO4S/c1-25-19-5-3-4-17(20(19)26-2)21(24)22-12-18(23)15-8-6-14(7-9-15)16-10-11-27-13-16/h3-11,13,18,23H,12H2,1-2H3,(H,22,24)/t18-/m1/s1. The average Bonchev–Trinajstić information content (AvgIpc) is 3.26. The molecule has 5 nitrogen and oxygen atoms in total. The number of ether oxygens (including phenoxy) is 2. The van der Waals surface area contributed by atoms with Crippen molar-refractivity contribution in [1.29, 1.82) is 0 Å². The molecule has 0 saturated heterocycles. The molecule has 3 aromatic rings. The summed E-state index contributed by atoms with van der Waals surface area (Å²) < 4.78 is 10.5. The highest BCUT2D eigenvalue weighted by Gasteiger charge is 2.17. The number of nitrogens with one attached hydrogen (secondary N) is 1. The molecular formula is C21H21NO4S. The lowest BCUT2D eigenvalue weighted by atomic mass is 10.0. The number of para-hydroxylation sites is 1. The van der Waals surface area contributed by atoms with Gasteiger partial charge in [0.2, 0.25) is 0 Å². The molecular weight excluding hydrogens is 362 g/mol. The van der Waals surface area contributed by atoms with Crippen LogP contribution in [0.25, 0.3) is 11.1 Å². The number of methoxy groups -OCH3 is 2.